The summed E-state index contributed by atoms with van der Waals surface area (Å²) in [5.74, 6) is 0. The van der Waals surface area contributed by atoms with E-state index in [0.29, 0.717) is 5.41 Å². The first-order chi connectivity index (χ1) is 9.65. The van der Waals surface area contributed by atoms with E-state index in [1.54, 1.807) is 11.1 Å². The van der Waals surface area contributed by atoms with E-state index in [9.17, 15) is 0 Å². The van der Waals surface area contributed by atoms with Crippen molar-refractivity contribution in [1.82, 2.24) is 0 Å². The van der Waals surface area contributed by atoms with Crippen molar-refractivity contribution in [2.45, 2.75) is 38.5 Å². The highest BCUT2D eigenvalue weighted by Crippen LogP contribution is 2.41. The standard InChI is InChI=1S/C20H20/c1-20(2)11-5-8-14-9-10-17-12-15-6-3-4-7-16(15)13-18(17)19(14)20/h3-4,6-7,9-10,12-13H,5,8,11H2,1-2H3. The monoisotopic (exact) mass is 260 g/mol. The van der Waals surface area contributed by atoms with Crippen LogP contribution in [0.25, 0.3) is 21.5 Å². The predicted octanol–water partition coefficient (Wildman–Crippen LogP) is 5.61. The van der Waals surface area contributed by atoms with E-state index in [4.69, 9.17) is 0 Å². The summed E-state index contributed by atoms with van der Waals surface area (Å²) < 4.78 is 0. The normalized spacial score (nSPS) is 17.3. The molecule has 0 atom stereocenters. The molecule has 0 N–H and O–H groups in total. The fourth-order valence-electron chi connectivity index (χ4n) is 3.91. The minimum atomic E-state index is 0.301. The van der Waals surface area contributed by atoms with Crippen LogP contribution >= 0.6 is 0 Å². The van der Waals surface area contributed by atoms with Crippen molar-refractivity contribution in [3.8, 4) is 0 Å². The van der Waals surface area contributed by atoms with Crippen LogP contribution in [0.3, 0.4) is 0 Å². The van der Waals surface area contributed by atoms with Gasteiger partial charge in [-0.05, 0) is 69.5 Å². The zero-order chi connectivity index (χ0) is 13.7. The summed E-state index contributed by atoms with van der Waals surface area (Å²) in [5, 5.41) is 5.55. The third-order valence-electron chi connectivity index (χ3n) is 4.90. The molecule has 0 radical (unpaired) electrons. The molecule has 0 saturated heterocycles. The zero-order valence-corrected chi connectivity index (χ0v) is 12.2. The summed E-state index contributed by atoms with van der Waals surface area (Å²) in [7, 11) is 0. The summed E-state index contributed by atoms with van der Waals surface area (Å²) in [6.07, 6.45) is 3.85. The second-order valence-electron chi connectivity index (χ2n) is 6.76. The topological polar surface area (TPSA) is 0 Å². The van der Waals surface area contributed by atoms with Crippen LogP contribution in [-0.2, 0) is 11.8 Å². The predicted molar refractivity (Wildman–Crippen MR) is 87.4 cm³/mol. The summed E-state index contributed by atoms with van der Waals surface area (Å²) in [5.41, 5.74) is 3.45. The van der Waals surface area contributed by atoms with Gasteiger partial charge in [0, 0.05) is 0 Å². The van der Waals surface area contributed by atoms with Crippen LogP contribution in [0.2, 0.25) is 0 Å². The molecule has 0 nitrogen and oxygen atoms in total. The van der Waals surface area contributed by atoms with Crippen molar-refractivity contribution < 1.29 is 0 Å². The van der Waals surface area contributed by atoms with Gasteiger partial charge in [-0.15, -0.1) is 0 Å². The molecule has 0 aromatic heterocycles. The smallest absolute Gasteiger partial charge is 0.00946 e. The molecule has 1 aliphatic carbocycles. The Morgan fingerprint density at radius 2 is 1.60 bits per heavy atom. The summed E-state index contributed by atoms with van der Waals surface area (Å²) >= 11 is 0. The van der Waals surface area contributed by atoms with Gasteiger partial charge in [-0.2, -0.15) is 0 Å². The molecule has 0 fully saturated rings. The van der Waals surface area contributed by atoms with Crippen LogP contribution in [0.15, 0.2) is 48.5 Å². The van der Waals surface area contributed by atoms with Crippen LogP contribution in [0.4, 0.5) is 0 Å². The van der Waals surface area contributed by atoms with Crippen molar-refractivity contribution in [2.75, 3.05) is 0 Å². The van der Waals surface area contributed by atoms with Crippen LogP contribution in [0, 0.1) is 0 Å². The van der Waals surface area contributed by atoms with Gasteiger partial charge in [0.1, 0.15) is 0 Å². The Labute approximate surface area is 120 Å². The van der Waals surface area contributed by atoms with Crippen molar-refractivity contribution >= 4 is 21.5 Å². The maximum absolute atomic E-state index is 2.40. The highest BCUT2D eigenvalue weighted by Gasteiger charge is 2.29. The molecular formula is C20H20. The summed E-state index contributed by atoms with van der Waals surface area (Å²) in [6.45, 7) is 4.80. The lowest BCUT2D eigenvalue weighted by Crippen LogP contribution is -2.24. The Bertz CT molecular complexity index is 809. The van der Waals surface area contributed by atoms with E-state index < -0.39 is 0 Å². The molecule has 3 aromatic carbocycles. The van der Waals surface area contributed by atoms with Crippen LogP contribution in [-0.4, -0.2) is 0 Å². The molecule has 0 unspecified atom stereocenters. The van der Waals surface area contributed by atoms with Crippen molar-refractivity contribution in [3.63, 3.8) is 0 Å². The Balaban J connectivity index is 2.14. The van der Waals surface area contributed by atoms with Gasteiger partial charge in [-0.3, -0.25) is 0 Å². The molecule has 0 heteroatoms. The number of benzene rings is 3. The van der Waals surface area contributed by atoms with Crippen LogP contribution in [0.1, 0.15) is 37.8 Å². The molecule has 0 aliphatic heterocycles. The minimum absolute atomic E-state index is 0.301. The molecule has 4 rings (SSSR count). The SMILES string of the molecule is CC1(C)CCCc2ccc3cc4ccccc4cc3c21. The molecule has 20 heavy (non-hydrogen) atoms. The van der Waals surface area contributed by atoms with Gasteiger partial charge in [0.2, 0.25) is 0 Å². The van der Waals surface area contributed by atoms with Gasteiger partial charge in [-0.1, -0.05) is 50.2 Å². The third kappa shape index (κ3) is 1.67. The van der Waals surface area contributed by atoms with Gasteiger partial charge < -0.3 is 0 Å². The fraction of sp³-hybridized carbons (Fsp3) is 0.300. The largest absolute Gasteiger partial charge is 0.0616 e. The number of hydrogen-bond acceptors (Lipinski definition) is 0. The number of aryl methyl sites for hydroxylation is 1. The first-order valence-electron chi connectivity index (χ1n) is 7.60. The average molecular weight is 260 g/mol. The number of fused-ring (bicyclic) bond motifs is 4. The Morgan fingerprint density at radius 3 is 2.40 bits per heavy atom. The van der Waals surface area contributed by atoms with Crippen molar-refractivity contribution in [1.29, 1.82) is 0 Å². The maximum Gasteiger partial charge on any atom is -0.00946 e. The fourth-order valence-corrected chi connectivity index (χ4v) is 3.91. The van der Waals surface area contributed by atoms with E-state index in [0.717, 1.165) is 0 Å². The van der Waals surface area contributed by atoms with E-state index in [-0.39, 0.29) is 0 Å². The first-order valence-corrected chi connectivity index (χ1v) is 7.60. The third-order valence-corrected chi connectivity index (χ3v) is 4.90. The first kappa shape index (κ1) is 12.0. The Hall–Kier alpha value is -1.82. The van der Waals surface area contributed by atoms with Crippen LogP contribution < -0.4 is 0 Å². The minimum Gasteiger partial charge on any atom is -0.0616 e. The molecule has 100 valence electrons. The average Bonchev–Trinajstić information content (AvgIpc) is 2.44. The second kappa shape index (κ2) is 4.09. The molecular weight excluding hydrogens is 240 g/mol. The van der Waals surface area contributed by atoms with E-state index >= 15 is 0 Å². The van der Waals surface area contributed by atoms with Gasteiger partial charge in [0.15, 0.2) is 0 Å². The number of hydrogen-bond donors (Lipinski definition) is 0. The lowest BCUT2D eigenvalue weighted by molar-refractivity contribution is 0.436. The Kier molecular flexibility index (Phi) is 2.44. The van der Waals surface area contributed by atoms with Gasteiger partial charge in [0.25, 0.3) is 0 Å². The lowest BCUT2D eigenvalue weighted by atomic mass is 9.71. The highest BCUT2D eigenvalue weighted by atomic mass is 14.3. The molecule has 0 bridgehead atoms. The summed E-state index contributed by atoms with van der Waals surface area (Å²) in [4.78, 5) is 0. The van der Waals surface area contributed by atoms with E-state index in [1.807, 2.05) is 0 Å². The quantitative estimate of drug-likeness (QED) is 0.461. The van der Waals surface area contributed by atoms with Gasteiger partial charge >= 0.3 is 0 Å². The van der Waals surface area contributed by atoms with Crippen molar-refractivity contribution in [2.24, 2.45) is 0 Å². The number of rotatable bonds is 0. The molecule has 0 saturated carbocycles. The Morgan fingerprint density at radius 1 is 0.850 bits per heavy atom. The van der Waals surface area contributed by atoms with E-state index in [2.05, 4.69) is 62.4 Å². The zero-order valence-electron chi connectivity index (χ0n) is 12.2. The molecule has 1 aliphatic rings. The maximum atomic E-state index is 2.40. The second-order valence-corrected chi connectivity index (χ2v) is 6.76. The van der Waals surface area contributed by atoms with Crippen LogP contribution in [0.5, 0.6) is 0 Å². The lowest BCUT2D eigenvalue weighted by Gasteiger charge is -2.34. The molecule has 3 aromatic rings. The van der Waals surface area contributed by atoms with E-state index in [1.165, 1.54) is 40.8 Å². The molecule has 0 amide bonds. The molecule has 0 heterocycles. The van der Waals surface area contributed by atoms with Gasteiger partial charge in [-0.25, -0.2) is 0 Å². The molecule has 0 spiro atoms. The summed E-state index contributed by atoms with van der Waals surface area (Å²) in [6, 6.07) is 18.1. The van der Waals surface area contributed by atoms with Crippen molar-refractivity contribution in [3.05, 3.63) is 59.7 Å². The highest BCUT2D eigenvalue weighted by molar-refractivity contribution is 6.00. The van der Waals surface area contributed by atoms with Gasteiger partial charge in [0.05, 0.1) is 0 Å².